The molecule has 0 aliphatic carbocycles. The average Bonchev–Trinajstić information content (AvgIpc) is 2.46. The highest BCUT2D eigenvalue weighted by Crippen LogP contribution is 2.09. The van der Waals surface area contributed by atoms with Gasteiger partial charge in [-0.15, -0.1) is 0 Å². The van der Waals surface area contributed by atoms with Gasteiger partial charge in [0, 0.05) is 19.5 Å². The Morgan fingerprint density at radius 1 is 1.36 bits per heavy atom. The summed E-state index contributed by atoms with van der Waals surface area (Å²) in [5.41, 5.74) is 9.97. The van der Waals surface area contributed by atoms with Crippen molar-refractivity contribution in [1.82, 2.24) is 10.3 Å². The second kappa shape index (κ2) is 9.15. The summed E-state index contributed by atoms with van der Waals surface area (Å²) in [4.78, 5) is 13.4. The number of nitrogens with two attached hydrogens (primary N) is 1. The SMILES string of the molecule is CC(=O)N(CCC/C(=N\NC(N)=S)c1ccccc1)C(C)C. The molecular weight excluding hydrogens is 296 g/mol. The smallest absolute Gasteiger partial charge is 0.219 e. The van der Waals surface area contributed by atoms with Gasteiger partial charge in [0.05, 0.1) is 5.71 Å². The van der Waals surface area contributed by atoms with E-state index in [-0.39, 0.29) is 17.1 Å². The Balaban J connectivity index is 2.72. The number of rotatable bonds is 7. The van der Waals surface area contributed by atoms with Crippen molar-refractivity contribution in [1.29, 1.82) is 0 Å². The lowest BCUT2D eigenvalue weighted by Gasteiger charge is -2.25. The maximum Gasteiger partial charge on any atom is 0.219 e. The second-order valence-electron chi connectivity index (χ2n) is 5.31. The summed E-state index contributed by atoms with van der Waals surface area (Å²) >= 11 is 4.79. The largest absolute Gasteiger partial charge is 0.375 e. The Bertz CT molecular complexity index is 528. The van der Waals surface area contributed by atoms with Crippen LogP contribution in [0, 0.1) is 0 Å². The van der Waals surface area contributed by atoms with E-state index in [1.54, 1.807) is 6.92 Å². The highest BCUT2D eigenvalue weighted by molar-refractivity contribution is 7.80. The van der Waals surface area contributed by atoms with E-state index in [1.807, 2.05) is 49.1 Å². The zero-order valence-electron chi connectivity index (χ0n) is 13.4. The van der Waals surface area contributed by atoms with Crippen LogP contribution in [0.15, 0.2) is 35.4 Å². The molecule has 1 rings (SSSR count). The second-order valence-corrected chi connectivity index (χ2v) is 5.75. The van der Waals surface area contributed by atoms with Crippen LogP contribution in [-0.2, 0) is 4.79 Å². The first-order valence-corrected chi connectivity index (χ1v) is 7.77. The molecule has 5 nitrogen and oxygen atoms in total. The van der Waals surface area contributed by atoms with Gasteiger partial charge in [-0.05, 0) is 44.5 Å². The molecule has 0 saturated heterocycles. The number of hydrazone groups is 1. The van der Waals surface area contributed by atoms with E-state index in [9.17, 15) is 4.79 Å². The van der Waals surface area contributed by atoms with Crippen molar-refractivity contribution in [2.75, 3.05) is 6.54 Å². The van der Waals surface area contributed by atoms with Crippen molar-refractivity contribution < 1.29 is 4.79 Å². The van der Waals surface area contributed by atoms with Crippen LogP contribution in [0.25, 0.3) is 0 Å². The number of thiocarbonyl (C=S) groups is 1. The average molecular weight is 320 g/mol. The number of carbonyl (C=O) groups is 1. The number of carbonyl (C=O) groups excluding carboxylic acids is 1. The van der Waals surface area contributed by atoms with E-state index in [2.05, 4.69) is 10.5 Å². The highest BCUT2D eigenvalue weighted by atomic mass is 32.1. The maximum atomic E-state index is 11.6. The molecular formula is C16H24N4OS. The molecule has 0 unspecified atom stereocenters. The van der Waals surface area contributed by atoms with Gasteiger partial charge in [-0.25, -0.2) is 0 Å². The highest BCUT2D eigenvalue weighted by Gasteiger charge is 2.13. The van der Waals surface area contributed by atoms with Crippen molar-refractivity contribution in [3.63, 3.8) is 0 Å². The van der Waals surface area contributed by atoms with Crippen LogP contribution in [0.3, 0.4) is 0 Å². The molecule has 0 aromatic heterocycles. The van der Waals surface area contributed by atoms with Gasteiger partial charge in [0.1, 0.15) is 0 Å². The van der Waals surface area contributed by atoms with E-state index < -0.39 is 0 Å². The minimum atomic E-state index is 0.0921. The number of nitrogens with zero attached hydrogens (tertiary/aromatic N) is 2. The zero-order valence-corrected chi connectivity index (χ0v) is 14.2. The molecule has 0 heterocycles. The summed E-state index contributed by atoms with van der Waals surface area (Å²) in [5, 5.41) is 4.42. The third-order valence-electron chi connectivity index (χ3n) is 3.25. The van der Waals surface area contributed by atoms with Gasteiger partial charge < -0.3 is 10.6 Å². The normalized spacial score (nSPS) is 11.4. The quantitative estimate of drug-likeness (QED) is 0.459. The molecule has 3 N–H and O–H groups in total. The van der Waals surface area contributed by atoms with Crippen LogP contribution in [0.1, 0.15) is 39.2 Å². The van der Waals surface area contributed by atoms with Crippen LogP contribution in [0.4, 0.5) is 0 Å². The van der Waals surface area contributed by atoms with Crippen molar-refractivity contribution in [2.24, 2.45) is 10.8 Å². The molecule has 1 aromatic rings. The predicted molar refractivity (Wildman–Crippen MR) is 94.7 cm³/mol. The zero-order chi connectivity index (χ0) is 16.5. The lowest BCUT2D eigenvalue weighted by Crippen LogP contribution is -2.36. The van der Waals surface area contributed by atoms with Gasteiger partial charge in [-0.3, -0.25) is 10.2 Å². The van der Waals surface area contributed by atoms with Gasteiger partial charge in [0.15, 0.2) is 5.11 Å². The van der Waals surface area contributed by atoms with E-state index in [1.165, 1.54) is 0 Å². The fraction of sp³-hybridized carbons (Fsp3) is 0.438. The molecule has 0 aliphatic rings. The monoisotopic (exact) mass is 320 g/mol. The fourth-order valence-corrected chi connectivity index (χ4v) is 2.26. The van der Waals surface area contributed by atoms with Crippen molar-refractivity contribution in [2.45, 2.75) is 39.7 Å². The Hall–Kier alpha value is -1.95. The third-order valence-corrected chi connectivity index (χ3v) is 3.34. The number of hydrogen-bond acceptors (Lipinski definition) is 3. The van der Waals surface area contributed by atoms with Crippen LogP contribution < -0.4 is 11.2 Å². The van der Waals surface area contributed by atoms with Crippen LogP contribution in [0.5, 0.6) is 0 Å². The fourth-order valence-electron chi connectivity index (χ4n) is 2.21. The molecule has 0 spiro atoms. The summed E-state index contributed by atoms with van der Waals surface area (Å²) in [6, 6.07) is 10.1. The van der Waals surface area contributed by atoms with E-state index in [0.717, 1.165) is 24.1 Å². The topological polar surface area (TPSA) is 70.7 Å². The summed E-state index contributed by atoms with van der Waals surface area (Å²) in [6.45, 7) is 6.33. The van der Waals surface area contributed by atoms with Crippen molar-refractivity contribution in [3.05, 3.63) is 35.9 Å². The molecule has 0 aliphatic heterocycles. The Kier molecular flexibility index (Phi) is 7.52. The summed E-state index contributed by atoms with van der Waals surface area (Å²) < 4.78 is 0. The summed E-state index contributed by atoms with van der Waals surface area (Å²) in [7, 11) is 0. The molecule has 0 fully saturated rings. The summed E-state index contributed by atoms with van der Waals surface area (Å²) in [6.07, 6.45) is 1.56. The molecule has 0 saturated carbocycles. The van der Waals surface area contributed by atoms with Crippen LogP contribution in [0.2, 0.25) is 0 Å². The van der Waals surface area contributed by atoms with E-state index in [4.69, 9.17) is 18.0 Å². The van der Waals surface area contributed by atoms with Gasteiger partial charge in [0.2, 0.25) is 5.91 Å². The third kappa shape index (κ3) is 6.22. The number of benzene rings is 1. The molecule has 1 aromatic carbocycles. The van der Waals surface area contributed by atoms with Crippen LogP contribution in [-0.4, -0.2) is 34.2 Å². The van der Waals surface area contributed by atoms with Gasteiger partial charge >= 0.3 is 0 Å². The standard InChI is InChI=1S/C16H24N4OS/c1-12(2)20(13(3)21)11-7-10-15(18-19-16(17)22)14-8-5-4-6-9-14/h4-6,8-9,12H,7,10-11H2,1-3H3,(H3,17,19,22)/b18-15+. The maximum absolute atomic E-state index is 11.6. The summed E-state index contributed by atoms with van der Waals surface area (Å²) in [5.74, 6) is 0.0921. The van der Waals surface area contributed by atoms with Gasteiger partial charge in [0.25, 0.3) is 0 Å². The molecule has 6 heteroatoms. The van der Waals surface area contributed by atoms with Gasteiger partial charge in [-0.1, -0.05) is 30.3 Å². The first-order chi connectivity index (χ1) is 10.4. The lowest BCUT2D eigenvalue weighted by atomic mass is 10.1. The molecule has 22 heavy (non-hydrogen) atoms. The minimum absolute atomic E-state index is 0.0921. The first kappa shape index (κ1) is 18.1. The van der Waals surface area contributed by atoms with E-state index >= 15 is 0 Å². The molecule has 0 radical (unpaired) electrons. The molecule has 120 valence electrons. The Morgan fingerprint density at radius 3 is 2.50 bits per heavy atom. The van der Waals surface area contributed by atoms with Crippen molar-refractivity contribution in [3.8, 4) is 0 Å². The number of hydrogen-bond donors (Lipinski definition) is 2. The first-order valence-electron chi connectivity index (χ1n) is 7.36. The number of amides is 1. The van der Waals surface area contributed by atoms with Crippen LogP contribution >= 0.6 is 12.2 Å². The van der Waals surface area contributed by atoms with E-state index in [0.29, 0.717) is 6.54 Å². The van der Waals surface area contributed by atoms with Crippen molar-refractivity contribution >= 4 is 28.9 Å². The minimum Gasteiger partial charge on any atom is -0.375 e. The predicted octanol–water partition coefficient (Wildman–Crippen LogP) is 2.26. The molecule has 0 atom stereocenters. The molecule has 0 bridgehead atoms. The lowest BCUT2D eigenvalue weighted by molar-refractivity contribution is -0.130. The molecule has 1 amide bonds. The van der Waals surface area contributed by atoms with Gasteiger partial charge in [-0.2, -0.15) is 5.10 Å². The Labute approximate surface area is 137 Å². The Morgan fingerprint density at radius 2 is 2.00 bits per heavy atom. The number of nitrogens with one attached hydrogen (secondary N) is 1.